The van der Waals surface area contributed by atoms with E-state index in [2.05, 4.69) is 0 Å². The smallest absolute Gasteiger partial charge is 0.326 e. The Bertz CT molecular complexity index is 633. The molecule has 6 heteroatoms. The molecule has 1 N–H and O–H groups in total. The number of likely N-dealkylation sites (tertiary alicyclic amines) is 1. The van der Waals surface area contributed by atoms with Crippen LogP contribution in [0.1, 0.15) is 42.5 Å². The molecule has 0 spiro atoms. The molecule has 0 bridgehead atoms. The number of carbonyl (C=O) groups excluding carboxylic acids is 1. The summed E-state index contributed by atoms with van der Waals surface area (Å²) in [4.78, 5) is 25.9. The summed E-state index contributed by atoms with van der Waals surface area (Å²) in [5, 5.41) is 9.48. The number of fused-ring (bicyclic) bond motifs is 1. The van der Waals surface area contributed by atoms with Crippen molar-refractivity contribution in [2.24, 2.45) is 5.92 Å². The second kappa shape index (κ2) is 6.18. The van der Waals surface area contributed by atoms with Crippen molar-refractivity contribution in [3.8, 4) is 5.75 Å². The van der Waals surface area contributed by atoms with Crippen LogP contribution in [0.5, 0.6) is 5.75 Å². The maximum absolute atomic E-state index is 14.4. The van der Waals surface area contributed by atoms with Crippen molar-refractivity contribution in [3.63, 3.8) is 0 Å². The first-order valence-electron chi connectivity index (χ1n) is 7.92. The molecule has 1 saturated heterocycles. The van der Waals surface area contributed by atoms with E-state index in [4.69, 9.17) is 4.74 Å². The minimum Gasteiger partial charge on any atom is -0.494 e. The summed E-state index contributed by atoms with van der Waals surface area (Å²) < 4.78 is 19.3. The summed E-state index contributed by atoms with van der Waals surface area (Å²) in [6.07, 6.45) is 4.20. The Morgan fingerprint density at radius 1 is 1.30 bits per heavy atom. The van der Waals surface area contributed by atoms with Gasteiger partial charge in [0.15, 0.2) is 11.6 Å². The predicted molar refractivity (Wildman–Crippen MR) is 80.9 cm³/mol. The van der Waals surface area contributed by atoms with Crippen LogP contribution in [0.3, 0.4) is 0 Å². The molecule has 23 heavy (non-hydrogen) atoms. The van der Waals surface area contributed by atoms with Crippen molar-refractivity contribution >= 4 is 11.9 Å². The first kappa shape index (κ1) is 15.8. The predicted octanol–water partition coefficient (Wildman–Crippen LogP) is 2.69. The number of carbonyl (C=O) groups is 2. The zero-order chi connectivity index (χ0) is 16.6. The van der Waals surface area contributed by atoms with Gasteiger partial charge < -0.3 is 14.7 Å². The minimum absolute atomic E-state index is 0.0119. The number of carboxylic acid groups (broad SMARTS) is 1. The van der Waals surface area contributed by atoms with Crippen molar-refractivity contribution in [2.45, 2.75) is 44.2 Å². The molecule has 5 nitrogen and oxygen atoms in total. The highest BCUT2D eigenvalue weighted by molar-refractivity contribution is 5.98. The topological polar surface area (TPSA) is 66.8 Å². The van der Waals surface area contributed by atoms with Gasteiger partial charge in [-0.3, -0.25) is 4.79 Å². The molecule has 0 unspecified atom stereocenters. The van der Waals surface area contributed by atoms with Crippen molar-refractivity contribution in [3.05, 3.63) is 29.6 Å². The van der Waals surface area contributed by atoms with E-state index in [1.54, 1.807) is 6.07 Å². The van der Waals surface area contributed by atoms with Gasteiger partial charge in [0.25, 0.3) is 5.91 Å². The lowest BCUT2D eigenvalue weighted by molar-refractivity contribution is -0.141. The molecule has 1 saturated carbocycles. The van der Waals surface area contributed by atoms with E-state index in [0.29, 0.717) is 6.42 Å². The Hall–Kier alpha value is -2.11. The summed E-state index contributed by atoms with van der Waals surface area (Å²) in [6, 6.07) is 3.38. The average molecular weight is 321 g/mol. The fourth-order valence-corrected chi connectivity index (χ4v) is 3.95. The summed E-state index contributed by atoms with van der Waals surface area (Å²) in [5.74, 6) is -2.12. The molecule has 0 aromatic heterocycles. The zero-order valence-electron chi connectivity index (χ0n) is 13.0. The van der Waals surface area contributed by atoms with Crippen LogP contribution in [0.2, 0.25) is 0 Å². The number of hydrogen-bond acceptors (Lipinski definition) is 3. The fourth-order valence-electron chi connectivity index (χ4n) is 3.95. The van der Waals surface area contributed by atoms with Crippen molar-refractivity contribution in [2.75, 3.05) is 7.11 Å². The number of amides is 1. The van der Waals surface area contributed by atoms with Gasteiger partial charge in [-0.2, -0.15) is 0 Å². The average Bonchev–Trinajstić information content (AvgIpc) is 2.94. The van der Waals surface area contributed by atoms with Crippen molar-refractivity contribution in [1.82, 2.24) is 4.90 Å². The SMILES string of the molecule is COc1cccc(C(=O)N2[C@H](C(=O)O)C[C@@H]3CCCC[C@@H]32)c1F. The maximum Gasteiger partial charge on any atom is 0.326 e. The number of halogens is 1. The van der Waals surface area contributed by atoms with Crippen LogP contribution in [-0.2, 0) is 4.79 Å². The maximum atomic E-state index is 14.4. The Kier molecular flexibility index (Phi) is 4.24. The number of hydrogen-bond donors (Lipinski definition) is 1. The van der Waals surface area contributed by atoms with Crippen LogP contribution in [0.25, 0.3) is 0 Å². The molecule has 1 amide bonds. The van der Waals surface area contributed by atoms with E-state index in [1.165, 1.54) is 24.1 Å². The quantitative estimate of drug-likeness (QED) is 0.929. The van der Waals surface area contributed by atoms with E-state index in [-0.39, 0.29) is 23.3 Å². The third kappa shape index (κ3) is 2.66. The number of methoxy groups -OCH3 is 1. The number of ether oxygens (including phenoxy) is 1. The summed E-state index contributed by atoms with van der Waals surface area (Å²) in [5.41, 5.74) is -0.123. The number of nitrogens with zero attached hydrogens (tertiary/aromatic N) is 1. The van der Waals surface area contributed by atoms with Gasteiger partial charge in [0.05, 0.1) is 12.7 Å². The summed E-state index contributed by atoms with van der Waals surface area (Å²) in [6.45, 7) is 0. The summed E-state index contributed by atoms with van der Waals surface area (Å²) >= 11 is 0. The second-order valence-electron chi connectivity index (χ2n) is 6.24. The number of aliphatic carboxylic acids is 1. The number of carboxylic acids is 1. The monoisotopic (exact) mass is 321 g/mol. The fraction of sp³-hybridized carbons (Fsp3) is 0.529. The molecule has 1 heterocycles. The highest BCUT2D eigenvalue weighted by Gasteiger charge is 2.48. The largest absolute Gasteiger partial charge is 0.494 e. The molecular weight excluding hydrogens is 301 g/mol. The lowest BCUT2D eigenvalue weighted by Gasteiger charge is -2.33. The van der Waals surface area contributed by atoms with Gasteiger partial charge >= 0.3 is 5.97 Å². The molecule has 1 aliphatic carbocycles. The van der Waals surface area contributed by atoms with Crippen LogP contribution in [0, 0.1) is 11.7 Å². The molecule has 3 atom stereocenters. The molecule has 2 aliphatic rings. The van der Waals surface area contributed by atoms with E-state index in [1.807, 2.05) is 0 Å². The van der Waals surface area contributed by atoms with E-state index in [9.17, 15) is 19.1 Å². The summed E-state index contributed by atoms with van der Waals surface area (Å²) in [7, 11) is 1.33. The van der Waals surface area contributed by atoms with E-state index >= 15 is 0 Å². The lowest BCUT2D eigenvalue weighted by Crippen LogP contribution is -2.46. The van der Waals surface area contributed by atoms with Crippen molar-refractivity contribution in [1.29, 1.82) is 0 Å². The van der Waals surface area contributed by atoms with Crippen LogP contribution < -0.4 is 4.74 Å². The lowest BCUT2D eigenvalue weighted by atomic mass is 9.84. The highest BCUT2D eigenvalue weighted by Crippen LogP contribution is 2.41. The van der Waals surface area contributed by atoms with Crippen LogP contribution in [-0.4, -0.2) is 41.1 Å². The van der Waals surface area contributed by atoms with Gasteiger partial charge in [0.1, 0.15) is 6.04 Å². The molecule has 1 aromatic carbocycles. The molecule has 3 rings (SSSR count). The molecule has 0 radical (unpaired) electrons. The minimum atomic E-state index is -1.02. The molecule has 124 valence electrons. The van der Waals surface area contributed by atoms with Gasteiger partial charge in [-0.25, -0.2) is 9.18 Å². The Labute approximate surface area is 134 Å². The third-order valence-electron chi connectivity index (χ3n) is 5.02. The first-order valence-corrected chi connectivity index (χ1v) is 7.92. The Morgan fingerprint density at radius 3 is 2.74 bits per heavy atom. The molecule has 1 aliphatic heterocycles. The van der Waals surface area contributed by atoms with E-state index in [0.717, 1.165) is 25.7 Å². The third-order valence-corrected chi connectivity index (χ3v) is 5.02. The Balaban J connectivity index is 1.97. The van der Waals surface area contributed by atoms with Gasteiger partial charge in [0.2, 0.25) is 0 Å². The van der Waals surface area contributed by atoms with Gasteiger partial charge in [-0.05, 0) is 37.3 Å². The van der Waals surface area contributed by atoms with Crippen LogP contribution in [0.4, 0.5) is 4.39 Å². The number of rotatable bonds is 3. The van der Waals surface area contributed by atoms with E-state index < -0.39 is 23.7 Å². The molecule has 1 aromatic rings. The van der Waals surface area contributed by atoms with Gasteiger partial charge in [0, 0.05) is 6.04 Å². The molecule has 2 fully saturated rings. The zero-order valence-corrected chi connectivity index (χ0v) is 13.0. The van der Waals surface area contributed by atoms with Crippen LogP contribution >= 0.6 is 0 Å². The second-order valence-corrected chi connectivity index (χ2v) is 6.24. The van der Waals surface area contributed by atoms with Gasteiger partial charge in [-0.1, -0.05) is 18.9 Å². The van der Waals surface area contributed by atoms with Gasteiger partial charge in [-0.15, -0.1) is 0 Å². The van der Waals surface area contributed by atoms with Crippen LogP contribution in [0.15, 0.2) is 18.2 Å². The van der Waals surface area contributed by atoms with Crippen molar-refractivity contribution < 1.29 is 23.8 Å². The Morgan fingerprint density at radius 2 is 2.04 bits per heavy atom. The normalized spacial score (nSPS) is 26.7. The first-order chi connectivity index (χ1) is 11.0. The standard InChI is InChI=1S/C17H20FNO4/c1-23-14-8-4-6-11(15(14)18)16(20)19-12-7-3-2-5-10(12)9-13(19)17(21)22/h4,6,8,10,12-13H,2-3,5,7,9H2,1H3,(H,21,22)/t10-,12-,13-/m0/s1. The number of benzene rings is 1. The molecular formula is C17H20FNO4. The highest BCUT2D eigenvalue weighted by atomic mass is 19.1.